The van der Waals surface area contributed by atoms with Crippen LogP contribution in [0.2, 0.25) is 0 Å². The van der Waals surface area contributed by atoms with Gasteiger partial charge in [-0.2, -0.15) is 0 Å². The van der Waals surface area contributed by atoms with E-state index in [1.54, 1.807) is 0 Å². The molecule has 0 amide bonds. The maximum Gasteiger partial charge on any atom is 0.321 e. The van der Waals surface area contributed by atoms with Gasteiger partial charge in [-0.15, -0.1) is 0 Å². The summed E-state index contributed by atoms with van der Waals surface area (Å²) in [7, 11) is 0. The van der Waals surface area contributed by atoms with Crippen molar-refractivity contribution in [2.24, 2.45) is 0 Å². The van der Waals surface area contributed by atoms with E-state index in [9.17, 15) is 0 Å². The average molecular weight is 269 g/mol. The van der Waals surface area contributed by atoms with Gasteiger partial charge in [0.15, 0.2) is 0 Å². The van der Waals surface area contributed by atoms with Gasteiger partial charge >= 0.3 is 12.0 Å². The van der Waals surface area contributed by atoms with E-state index in [2.05, 4.69) is 31.4 Å². The van der Waals surface area contributed by atoms with E-state index >= 15 is 0 Å². The van der Waals surface area contributed by atoms with Gasteiger partial charge in [0, 0.05) is 10.2 Å². The molecule has 1 heterocycles. The van der Waals surface area contributed by atoms with Crippen LogP contribution in [0, 0.1) is 6.92 Å². The Morgan fingerprint density at radius 3 is 2.80 bits per heavy atom. The average Bonchev–Trinajstić information content (AvgIpc) is 2.56. The normalized spacial score (nSPS) is 10.3. The molecule has 0 saturated carbocycles. The maximum atomic E-state index is 5.31. The van der Waals surface area contributed by atoms with Crippen LogP contribution in [0.5, 0.6) is 0 Å². The summed E-state index contributed by atoms with van der Waals surface area (Å²) in [6.45, 7) is 1.98. The Labute approximate surface area is 94.8 Å². The van der Waals surface area contributed by atoms with Crippen LogP contribution in [0.1, 0.15) is 5.56 Å². The summed E-state index contributed by atoms with van der Waals surface area (Å²) < 4.78 is 6.03. The van der Waals surface area contributed by atoms with Gasteiger partial charge < -0.3 is 15.5 Å². The number of rotatable bonds is 2. The van der Waals surface area contributed by atoms with Crippen LogP contribution in [0.3, 0.4) is 0 Å². The van der Waals surface area contributed by atoms with Crippen LogP contribution in [-0.2, 0) is 0 Å². The van der Waals surface area contributed by atoms with Gasteiger partial charge in [0.05, 0.1) is 0 Å². The molecule has 0 saturated heterocycles. The van der Waals surface area contributed by atoms with Crippen molar-refractivity contribution in [3.8, 4) is 0 Å². The highest BCUT2D eigenvalue weighted by Crippen LogP contribution is 2.23. The maximum absolute atomic E-state index is 5.31. The summed E-state index contributed by atoms with van der Waals surface area (Å²) in [5.41, 5.74) is 7.28. The predicted octanol–water partition coefficient (Wildman–Crippen LogP) is 2.47. The Kier molecular flexibility index (Phi) is 2.59. The molecule has 6 heteroatoms. The summed E-state index contributed by atoms with van der Waals surface area (Å²) in [6, 6.07) is 6.17. The lowest BCUT2D eigenvalue weighted by Crippen LogP contribution is -1.93. The van der Waals surface area contributed by atoms with Gasteiger partial charge in [0.1, 0.15) is 0 Å². The number of nitrogens with two attached hydrogens (primary N) is 1. The third-order valence-electron chi connectivity index (χ3n) is 1.87. The molecule has 1 aromatic heterocycles. The van der Waals surface area contributed by atoms with Crippen LogP contribution in [0.4, 0.5) is 17.7 Å². The molecule has 0 aliphatic heterocycles. The zero-order valence-electron chi connectivity index (χ0n) is 7.99. The molecule has 0 aliphatic rings. The number of aromatic nitrogens is 2. The number of hydrogen-bond donors (Lipinski definition) is 2. The van der Waals surface area contributed by atoms with Crippen molar-refractivity contribution < 1.29 is 4.42 Å². The second-order valence-corrected chi connectivity index (χ2v) is 3.95. The van der Waals surface area contributed by atoms with Crippen molar-refractivity contribution in [1.82, 2.24) is 10.2 Å². The Balaban J connectivity index is 2.24. The smallest absolute Gasteiger partial charge is 0.321 e. The van der Waals surface area contributed by atoms with E-state index < -0.39 is 0 Å². The standard InChI is InChI=1S/C9H9BrN4O/c1-5-4-6(10)2-3-7(5)12-9-14-13-8(11)15-9/h2-4H,1H3,(H2,11,13)(H,12,14). The number of aryl methyl sites for hydroxylation is 1. The first-order valence-electron chi connectivity index (χ1n) is 4.27. The fraction of sp³-hybridized carbons (Fsp3) is 0.111. The van der Waals surface area contributed by atoms with Gasteiger partial charge in [0.25, 0.3) is 0 Å². The molecule has 15 heavy (non-hydrogen) atoms. The van der Waals surface area contributed by atoms with Crippen molar-refractivity contribution in [2.75, 3.05) is 11.1 Å². The monoisotopic (exact) mass is 268 g/mol. The molecule has 0 aliphatic carbocycles. The molecule has 0 unspecified atom stereocenters. The van der Waals surface area contributed by atoms with Crippen LogP contribution in [0.15, 0.2) is 27.1 Å². The zero-order chi connectivity index (χ0) is 10.8. The van der Waals surface area contributed by atoms with E-state index in [0.717, 1.165) is 15.7 Å². The number of benzene rings is 1. The van der Waals surface area contributed by atoms with Crippen molar-refractivity contribution in [3.63, 3.8) is 0 Å². The second-order valence-electron chi connectivity index (χ2n) is 3.03. The van der Waals surface area contributed by atoms with Gasteiger partial charge in [-0.05, 0) is 30.7 Å². The van der Waals surface area contributed by atoms with Crippen molar-refractivity contribution in [3.05, 3.63) is 28.2 Å². The third kappa shape index (κ3) is 2.27. The minimum absolute atomic E-state index is 0.0484. The van der Waals surface area contributed by atoms with Gasteiger partial charge in [-0.3, -0.25) is 0 Å². The van der Waals surface area contributed by atoms with E-state index in [1.807, 2.05) is 25.1 Å². The highest BCUT2D eigenvalue weighted by atomic mass is 79.9. The van der Waals surface area contributed by atoms with Gasteiger partial charge in [-0.25, -0.2) is 0 Å². The Morgan fingerprint density at radius 2 is 2.20 bits per heavy atom. The van der Waals surface area contributed by atoms with Crippen LogP contribution in [0.25, 0.3) is 0 Å². The van der Waals surface area contributed by atoms with Crippen LogP contribution < -0.4 is 11.1 Å². The molecule has 2 rings (SSSR count). The van der Waals surface area contributed by atoms with E-state index in [1.165, 1.54) is 0 Å². The molecule has 1 aromatic carbocycles. The van der Waals surface area contributed by atoms with E-state index in [0.29, 0.717) is 0 Å². The van der Waals surface area contributed by atoms with Crippen molar-refractivity contribution in [1.29, 1.82) is 0 Å². The molecule has 0 atom stereocenters. The van der Waals surface area contributed by atoms with Crippen LogP contribution >= 0.6 is 15.9 Å². The molecule has 0 spiro atoms. The van der Waals surface area contributed by atoms with E-state index in [-0.39, 0.29) is 12.0 Å². The number of nitrogen functional groups attached to an aromatic ring is 1. The Morgan fingerprint density at radius 1 is 1.40 bits per heavy atom. The van der Waals surface area contributed by atoms with Gasteiger partial charge in [0.2, 0.25) is 0 Å². The molecular weight excluding hydrogens is 260 g/mol. The quantitative estimate of drug-likeness (QED) is 0.875. The molecule has 78 valence electrons. The fourth-order valence-corrected chi connectivity index (χ4v) is 1.64. The summed E-state index contributed by atoms with van der Waals surface area (Å²) in [6.07, 6.45) is 0. The lowest BCUT2D eigenvalue weighted by molar-refractivity contribution is 0.593. The first-order chi connectivity index (χ1) is 7.15. The predicted molar refractivity (Wildman–Crippen MR) is 60.9 cm³/mol. The number of halogens is 1. The third-order valence-corrected chi connectivity index (χ3v) is 2.36. The summed E-state index contributed by atoms with van der Waals surface area (Å²) in [5.74, 6) is 0. The SMILES string of the molecule is Cc1cc(Br)ccc1Nc1nnc(N)o1. The molecule has 3 N–H and O–H groups in total. The van der Waals surface area contributed by atoms with Crippen molar-refractivity contribution in [2.45, 2.75) is 6.92 Å². The number of anilines is 3. The minimum Gasteiger partial charge on any atom is -0.389 e. The lowest BCUT2D eigenvalue weighted by atomic mass is 10.2. The summed E-state index contributed by atoms with van der Waals surface area (Å²) in [4.78, 5) is 0. The molecular formula is C9H9BrN4O. The largest absolute Gasteiger partial charge is 0.389 e. The Hall–Kier alpha value is -1.56. The van der Waals surface area contributed by atoms with Crippen molar-refractivity contribution >= 4 is 33.6 Å². The topological polar surface area (TPSA) is 77.0 Å². The number of hydrogen-bond acceptors (Lipinski definition) is 5. The van der Waals surface area contributed by atoms with Crippen LogP contribution in [-0.4, -0.2) is 10.2 Å². The lowest BCUT2D eigenvalue weighted by Gasteiger charge is -2.05. The number of nitrogens with one attached hydrogen (secondary N) is 1. The molecule has 0 fully saturated rings. The highest BCUT2D eigenvalue weighted by molar-refractivity contribution is 9.10. The second kappa shape index (κ2) is 3.90. The summed E-state index contributed by atoms with van der Waals surface area (Å²) >= 11 is 3.39. The molecule has 5 nitrogen and oxygen atoms in total. The summed E-state index contributed by atoms with van der Waals surface area (Å²) in [5, 5.41) is 10.2. The number of nitrogens with zero attached hydrogens (tertiary/aromatic N) is 2. The molecule has 0 bridgehead atoms. The zero-order valence-corrected chi connectivity index (χ0v) is 9.58. The highest BCUT2D eigenvalue weighted by Gasteiger charge is 2.04. The Bertz CT molecular complexity index is 483. The molecule has 2 aromatic rings. The molecule has 0 radical (unpaired) electrons. The fourth-order valence-electron chi connectivity index (χ4n) is 1.17. The van der Waals surface area contributed by atoms with Gasteiger partial charge in [-0.1, -0.05) is 26.1 Å². The minimum atomic E-state index is 0.0484. The first-order valence-corrected chi connectivity index (χ1v) is 5.06. The first kappa shape index (κ1) is 9.97. The van der Waals surface area contributed by atoms with E-state index in [4.69, 9.17) is 10.2 Å².